The molecule has 1 aromatic heterocycles. The van der Waals surface area contributed by atoms with Gasteiger partial charge in [0.15, 0.2) is 0 Å². The minimum atomic E-state index is -2.79. The van der Waals surface area contributed by atoms with Crippen LogP contribution < -0.4 is 5.73 Å². The third-order valence-electron chi connectivity index (χ3n) is 2.12. The Labute approximate surface area is 102 Å². The third kappa shape index (κ3) is 3.34. The maximum Gasteiger partial charge on any atom is 0.311 e. The fourth-order valence-corrected chi connectivity index (χ4v) is 1.60. The molecular formula is C10H11ClF2N2O2. The minimum absolute atomic E-state index is 0.0803. The number of carbonyl (C=O) groups is 1. The van der Waals surface area contributed by atoms with Gasteiger partial charge in [0.05, 0.1) is 19.2 Å². The van der Waals surface area contributed by atoms with Gasteiger partial charge in [-0.15, -0.1) is 0 Å². The van der Waals surface area contributed by atoms with Crippen LogP contribution >= 0.6 is 11.6 Å². The number of hydrogen-bond donors (Lipinski definition) is 1. The molecule has 0 atom stereocenters. The van der Waals surface area contributed by atoms with Gasteiger partial charge < -0.3 is 10.5 Å². The summed E-state index contributed by atoms with van der Waals surface area (Å²) in [5.41, 5.74) is 5.06. The fraction of sp³-hybridized carbons (Fsp3) is 0.400. The van der Waals surface area contributed by atoms with E-state index in [-0.39, 0.29) is 29.2 Å². The number of alkyl halides is 2. The lowest BCUT2D eigenvalue weighted by molar-refractivity contribution is -0.139. The molecule has 0 unspecified atom stereocenters. The van der Waals surface area contributed by atoms with Crippen molar-refractivity contribution in [2.24, 2.45) is 5.73 Å². The first-order valence-electron chi connectivity index (χ1n) is 4.72. The van der Waals surface area contributed by atoms with Gasteiger partial charge in [-0.3, -0.25) is 9.78 Å². The molecule has 0 radical (unpaired) electrons. The van der Waals surface area contributed by atoms with Gasteiger partial charge in [-0.2, -0.15) is 0 Å². The van der Waals surface area contributed by atoms with Crippen molar-refractivity contribution < 1.29 is 18.3 Å². The molecular weight excluding hydrogens is 254 g/mol. The van der Waals surface area contributed by atoms with Crippen molar-refractivity contribution in [3.05, 3.63) is 28.0 Å². The first kappa shape index (κ1) is 13.8. The predicted octanol–water partition coefficient (Wildman–Crippen LogP) is 1.85. The molecule has 0 aliphatic rings. The highest BCUT2D eigenvalue weighted by atomic mass is 35.5. The average molecular weight is 265 g/mol. The maximum atomic E-state index is 12.7. The van der Waals surface area contributed by atoms with Crippen molar-refractivity contribution in [2.75, 3.05) is 7.11 Å². The van der Waals surface area contributed by atoms with Crippen LogP contribution in [-0.4, -0.2) is 18.1 Å². The van der Waals surface area contributed by atoms with Crippen molar-refractivity contribution >= 4 is 17.6 Å². The number of carbonyl (C=O) groups excluding carboxylic acids is 1. The van der Waals surface area contributed by atoms with Gasteiger partial charge in [-0.1, -0.05) is 11.6 Å². The lowest BCUT2D eigenvalue weighted by Gasteiger charge is -2.10. The Hall–Kier alpha value is -1.27. The van der Waals surface area contributed by atoms with Gasteiger partial charge in [0.2, 0.25) is 0 Å². The highest BCUT2D eigenvalue weighted by Gasteiger charge is 2.19. The Kier molecular flexibility index (Phi) is 4.77. The van der Waals surface area contributed by atoms with Gasteiger partial charge in [-0.05, 0) is 6.07 Å². The third-order valence-corrected chi connectivity index (χ3v) is 2.46. The average Bonchev–Trinajstić information content (AvgIpc) is 2.28. The van der Waals surface area contributed by atoms with Crippen LogP contribution in [0.25, 0.3) is 0 Å². The molecule has 0 aliphatic carbocycles. The van der Waals surface area contributed by atoms with E-state index < -0.39 is 18.1 Å². The second kappa shape index (κ2) is 5.88. The molecule has 0 amide bonds. The van der Waals surface area contributed by atoms with Crippen LogP contribution in [0.4, 0.5) is 8.78 Å². The Bertz CT molecular complexity index is 427. The molecule has 0 spiro atoms. The van der Waals surface area contributed by atoms with E-state index >= 15 is 0 Å². The van der Waals surface area contributed by atoms with E-state index in [4.69, 9.17) is 17.3 Å². The number of rotatable bonds is 4. The van der Waals surface area contributed by atoms with Gasteiger partial charge in [-0.25, -0.2) is 8.78 Å². The van der Waals surface area contributed by atoms with E-state index in [0.717, 1.165) is 0 Å². The van der Waals surface area contributed by atoms with E-state index in [9.17, 15) is 13.6 Å². The SMILES string of the molecule is COC(=O)Cc1cc(Cl)c(CN)c(C(F)F)n1. The summed E-state index contributed by atoms with van der Waals surface area (Å²) >= 11 is 5.80. The molecule has 1 aromatic rings. The number of aromatic nitrogens is 1. The van der Waals surface area contributed by atoms with Crippen molar-refractivity contribution in [1.29, 1.82) is 0 Å². The van der Waals surface area contributed by atoms with Crippen molar-refractivity contribution in [3.8, 4) is 0 Å². The first-order valence-corrected chi connectivity index (χ1v) is 5.10. The minimum Gasteiger partial charge on any atom is -0.469 e. The standard InChI is InChI=1S/C10H11ClF2N2O2/c1-17-8(16)3-5-2-7(11)6(4-14)9(15-5)10(12)13/h2,10H,3-4,14H2,1H3. The van der Waals surface area contributed by atoms with E-state index in [2.05, 4.69) is 9.72 Å². The summed E-state index contributed by atoms with van der Waals surface area (Å²) < 4.78 is 29.8. The van der Waals surface area contributed by atoms with Crippen molar-refractivity contribution in [2.45, 2.75) is 19.4 Å². The van der Waals surface area contributed by atoms with Crippen LogP contribution in [0.5, 0.6) is 0 Å². The largest absolute Gasteiger partial charge is 0.469 e. The number of pyridine rings is 1. The monoisotopic (exact) mass is 264 g/mol. The Morgan fingerprint density at radius 1 is 1.65 bits per heavy atom. The smallest absolute Gasteiger partial charge is 0.311 e. The Balaban J connectivity index is 3.15. The predicted molar refractivity (Wildman–Crippen MR) is 57.8 cm³/mol. The highest BCUT2D eigenvalue weighted by Crippen LogP contribution is 2.27. The number of methoxy groups -OCH3 is 1. The molecule has 7 heteroatoms. The van der Waals surface area contributed by atoms with E-state index in [0.29, 0.717) is 0 Å². The van der Waals surface area contributed by atoms with Crippen molar-refractivity contribution in [1.82, 2.24) is 4.98 Å². The molecule has 0 fully saturated rings. The zero-order valence-electron chi connectivity index (χ0n) is 9.04. The molecule has 0 aliphatic heterocycles. The number of nitrogens with two attached hydrogens (primary N) is 1. The summed E-state index contributed by atoms with van der Waals surface area (Å²) in [6.45, 7) is -0.135. The van der Waals surface area contributed by atoms with Crippen LogP contribution in [0.3, 0.4) is 0 Å². The van der Waals surface area contributed by atoms with Crippen LogP contribution in [0.1, 0.15) is 23.4 Å². The number of esters is 1. The molecule has 0 aromatic carbocycles. The zero-order valence-corrected chi connectivity index (χ0v) is 9.80. The van der Waals surface area contributed by atoms with Gasteiger partial charge in [0.1, 0.15) is 5.69 Å². The summed E-state index contributed by atoms with van der Waals surface area (Å²) in [4.78, 5) is 14.7. The summed E-state index contributed by atoms with van der Waals surface area (Å²) in [6.07, 6.45) is -3.00. The molecule has 2 N–H and O–H groups in total. The van der Waals surface area contributed by atoms with Gasteiger partial charge in [0, 0.05) is 17.1 Å². The molecule has 94 valence electrons. The molecule has 1 heterocycles. The topological polar surface area (TPSA) is 65.2 Å². The Morgan fingerprint density at radius 2 is 2.29 bits per heavy atom. The molecule has 4 nitrogen and oxygen atoms in total. The van der Waals surface area contributed by atoms with Gasteiger partial charge >= 0.3 is 5.97 Å². The fourth-order valence-electron chi connectivity index (χ4n) is 1.30. The van der Waals surface area contributed by atoms with E-state index in [1.807, 2.05) is 0 Å². The van der Waals surface area contributed by atoms with Crippen LogP contribution in [0.15, 0.2) is 6.07 Å². The lowest BCUT2D eigenvalue weighted by atomic mass is 10.1. The summed E-state index contributed by atoms with van der Waals surface area (Å²) in [5, 5.41) is 0.0803. The van der Waals surface area contributed by atoms with Gasteiger partial charge in [0.25, 0.3) is 6.43 Å². The normalized spacial score (nSPS) is 10.7. The molecule has 17 heavy (non-hydrogen) atoms. The van der Waals surface area contributed by atoms with Crippen molar-refractivity contribution in [3.63, 3.8) is 0 Å². The summed E-state index contributed by atoms with van der Waals surface area (Å²) in [6, 6.07) is 1.34. The number of hydrogen-bond acceptors (Lipinski definition) is 4. The van der Waals surface area contributed by atoms with Crippen LogP contribution in [0.2, 0.25) is 5.02 Å². The molecule has 0 bridgehead atoms. The zero-order chi connectivity index (χ0) is 13.0. The summed E-state index contributed by atoms with van der Waals surface area (Å²) in [5.74, 6) is -0.575. The molecule has 0 saturated carbocycles. The Morgan fingerprint density at radius 3 is 2.76 bits per heavy atom. The van der Waals surface area contributed by atoms with Crippen LogP contribution in [0, 0.1) is 0 Å². The number of nitrogens with zero attached hydrogens (tertiary/aromatic N) is 1. The number of ether oxygens (including phenoxy) is 1. The molecule has 1 rings (SSSR count). The lowest BCUT2D eigenvalue weighted by Crippen LogP contribution is -2.11. The highest BCUT2D eigenvalue weighted by molar-refractivity contribution is 6.31. The quantitative estimate of drug-likeness (QED) is 0.843. The maximum absolute atomic E-state index is 12.7. The first-order chi connectivity index (χ1) is 7.99. The van der Waals surface area contributed by atoms with E-state index in [1.54, 1.807) is 0 Å². The summed E-state index contributed by atoms with van der Waals surface area (Å²) in [7, 11) is 1.20. The second-order valence-corrected chi connectivity index (χ2v) is 3.62. The second-order valence-electron chi connectivity index (χ2n) is 3.22. The number of halogens is 3. The van der Waals surface area contributed by atoms with E-state index in [1.165, 1.54) is 13.2 Å². The molecule has 0 saturated heterocycles. The van der Waals surface area contributed by atoms with Crippen LogP contribution in [-0.2, 0) is 22.5 Å².